The molecule has 1 amide bonds. The lowest BCUT2D eigenvalue weighted by Crippen LogP contribution is -2.42. The van der Waals surface area contributed by atoms with Crippen LogP contribution >= 0.6 is 0 Å². The van der Waals surface area contributed by atoms with E-state index in [0.717, 1.165) is 24.8 Å². The Balaban J connectivity index is 1.87. The first kappa shape index (κ1) is 22.7. The third-order valence-corrected chi connectivity index (χ3v) is 7.51. The fourth-order valence-electron chi connectivity index (χ4n) is 3.87. The van der Waals surface area contributed by atoms with Crippen molar-refractivity contribution in [3.05, 3.63) is 77.9 Å². The van der Waals surface area contributed by atoms with Crippen LogP contribution in [0.5, 0.6) is 0 Å². The topological polar surface area (TPSA) is 81.5 Å². The molecule has 1 atom stereocenters. The first-order valence-corrected chi connectivity index (χ1v) is 11.8. The second-order valence-electron chi connectivity index (χ2n) is 7.77. The lowest BCUT2D eigenvalue weighted by atomic mass is 10.1. The van der Waals surface area contributed by atoms with Gasteiger partial charge in [0.05, 0.1) is 16.5 Å². The summed E-state index contributed by atoms with van der Waals surface area (Å²) in [7, 11) is -3.67. The molecule has 0 aromatic heterocycles. The standard InChI is InChI=1S/C24H27N3O3S/c1-3-13-26(18-21-10-6-9-20(15-21)17-25)24(28)22-11-7-12-23(16-22)31(29,30)27-14-5-4-8-19(27)2/h3,6-7,9-12,15-16,19H,1,4-5,8,13-14,18H2,2H3. The van der Waals surface area contributed by atoms with E-state index in [9.17, 15) is 13.2 Å². The van der Waals surface area contributed by atoms with E-state index in [-0.39, 0.29) is 16.8 Å². The minimum absolute atomic E-state index is 0.0530. The Bertz CT molecular complexity index is 1110. The molecule has 7 heteroatoms. The SMILES string of the molecule is C=CCN(Cc1cccc(C#N)c1)C(=O)c1cccc(S(=O)(=O)N2CCCCC2C)c1. The molecule has 162 valence electrons. The monoisotopic (exact) mass is 437 g/mol. The lowest BCUT2D eigenvalue weighted by Gasteiger charge is -2.32. The molecule has 0 bridgehead atoms. The van der Waals surface area contributed by atoms with Gasteiger partial charge in [0.15, 0.2) is 0 Å². The van der Waals surface area contributed by atoms with Gasteiger partial charge >= 0.3 is 0 Å². The van der Waals surface area contributed by atoms with Crippen LogP contribution in [-0.2, 0) is 16.6 Å². The number of piperidine rings is 1. The quantitative estimate of drug-likeness (QED) is 0.614. The maximum absolute atomic E-state index is 13.2. The largest absolute Gasteiger partial charge is 0.331 e. The molecule has 1 aliphatic rings. The predicted octanol–water partition coefficient (Wildman–Crippen LogP) is 3.95. The zero-order valence-electron chi connectivity index (χ0n) is 17.7. The Morgan fingerprint density at radius 3 is 2.74 bits per heavy atom. The maximum Gasteiger partial charge on any atom is 0.254 e. The molecule has 0 aliphatic carbocycles. The second kappa shape index (κ2) is 9.90. The third-order valence-electron chi connectivity index (χ3n) is 5.50. The van der Waals surface area contributed by atoms with Crippen LogP contribution in [0.15, 0.2) is 66.1 Å². The summed E-state index contributed by atoms with van der Waals surface area (Å²) in [5.74, 6) is -0.286. The van der Waals surface area contributed by atoms with Crippen molar-refractivity contribution in [1.29, 1.82) is 5.26 Å². The highest BCUT2D eigenvalue weighted by atomic mass is 32.2. The van der Waals surface area contributed by atoms with Gasteiger partial charge in [-0.3, -0.25) is 4.79 Å². The minimum atomic E-state index is -3.67. The maximum atomic E-state index is 13.2. The van der Waals surface area contributed by atoms with E-state index in [1.165, 1.54) is 10.4 Å². The number of nitriles is 1. The molecular formula is C24H27N3O3S. The average Bonchev–Trinajstić information content (AvgIpc) is 2.78. The van der Waals surface area contributed by atoms with Gasteiger partial charge in [0, 0.05) is 31.2 Å². The van der Waals surface area contributed by atoms with Crippen LogP contribution in [0.2, 0.25) is 0 Å². The van der Waals surface area contributed by atoms with E-state index in [1.54, 1.807) is 47.4 Å². The van der Waals surface area contributed by atoms with E-state index >= 15 is 0 Å². The van der Waals surface area contributed by atoms with Crippen LogP contribution in [0.3, 0.4) is 0 Å². The summed E-state index contributed by atoms with van der Waals surface area (Å²) >= 11 is 0. The van der Waals surface area contributed by atoms with Crippen molar-refractivity contribution in [2.45, 2.75) is 43.7 Å². The molecule has 6 nitrogen and oxygen atoms in total. The van der Waals surface area contributed by atoms with Gasteiger partial charge in [0.2, 0.25) is 10.0 Å². The van der Waals surface area contributed by atoms with Crippen LogP contribution < -0.4 is 0 Å². The Morgan fingerprint density at radius 1 is 1.26 bits per heavy atom. The fourth-order valence-corrected chi connectivity index (χ4v) is 5.62. The molecule has 2 aromatic rings. The summed E-state index contributed by atoms with van der Waals surface area (Å²) in [6, 6.07) is 15.4. The molecule has 1 fully saturated rings. The number of carbonyl (C=O) groups is 1. The molecule has 1 heterocycles. The average molecular weight is 438 g/mol. The van der Waals surface area contributed by atoms with Crippen molar-refractivity contribution < 1.29 is 13.2 Å². The zero-order valence-corrected chi connectivity index (χ0v) is 18.5. The summed E-state index contributed by atoms with van der Waals surface area (Å²) in [5, 5.41) is 9.11. The number of hydrogen-bond acceptors (Lipinski definition) is 4. The number of sulfonamides is 1. The fraction of sp³-hybridized carbons (Fsp3) is 0.333. The van der Waals surface area contributed by atoms with Crippen LogP contribution in [0.25, 0.3) is 0 Å². The molecule has 0 N–H and O–H groups in total. The Labute approximate surface area is 184 Å². The zero-order chi connectivity index (χ0) is 22.4. The number of benzene rings is 2. The molecule has 1 saturated heterocycles. The summed E-state index contributed by atoms with van der Waals surface area (Å²) < 4.78 is 27.9. The number of rotatable bonds is 7. The smallest absolute Gasteiger partial charge is 0.254 e. The van der Waals surface area contributed by atoms with E-state index in [4.69, 9.17) is 5.26 Å². The first-order valence-electron chi connectivity index (χ1n) is 10.4. The van der Waals surface area contributed by atoms with E-state index in [0.29, 0.717) is 30.8 Å². The van der Waals surface area contributed by atoms with E-state index in [2.05, 4.69) is 12.6 Å². The van der Waals surface area contributed by atoms with Crippen LogP contribution in [0, 0.1) is 11.3 Å². The van der Waals surface area contributed by atoms with Crippen LogP contribution in [0.4, 0.5) is 0 Å². The van der Waals surface area contributed by atoms with Crippen molar-refractivity contribution in [3.8, 4) is 6.07 Å². The molecule has 3 rings (SSSR count). The molecule has 0 radical (unpaired) electrons. The summed E-state index contributed by atoms with van der Waals surface area (Å²) in [5.41, 5.74) is 1.65. The number of carbonyl (C=O) groups excluding carboxylic acids is 1. The van der Waals surface area contributed by atoms with Crippen molar-refractivity contribution >= 4 is 15.9 Å². The van der Waals surface area contributed by atoms with Gasteiger partial charge in [-0.25, -0.2) is 8.42 Å². The van der Waals surface area contributed by atoms with E-state index < -0.39 is 10.0 Å². The minimum Gasteiger partial charge on any atom is -0.331 e. The number of hydrogen-bond donors (Lipinski definition) is 0. The molecule has 1 unspecified atom stereocenters. The molecular weight excluding hydrogens is 410 g/mol. The molecule has 2 aromatic carbocycles. The summed E-state index contributed by atoms with van der Waals surface area (Å²) in [6.07, 6.45) is 4.33. The first-order chi connectivity index (χ1) is 14.9. The lowest BCUT2D eigenvalue weighted by molar-refractivity contribution is 0.0762. The predicted molar refractivity (Wildman–Crippen MR) is 120 cm³/mol. The van der Waals surface area contributed by atoms with Gasteiger partial charge in [-0.2, -0.15) is 9.57 Å². The van der Waals surface area contributed by atoms with Crippen molar-refractivity contribution in [2.24, 2.45) is 0 Å². The highest BCUT2D eigenvalue weighted by Gasteiger charge is 2.31. The van der Waals surface area contributed by atoms with Crippen LogP contribution in [-0.4, -0.2) is 42.7 Å². The van der Waals surface area contributed by atoms with Crippen molar-refractivity contribution in [2.75, 3.05) is 13.1 Å². The Hall–Kier alpha value is -2.95. The van der Waals surface area contributed by atoms with Gasteiger partial charge in [0.25, 0.3) is 5.91 Å². The molecule has 0 saturated carbocycles. The third kappa shape index (κ3) is 5.22. The van der Waals surface area contributed by atoms with Gasteiger partial charge in [0.1, 0.15) is 0 Å². The van der Waals surface area contributed by atoms with Gasteiger partial charge in [-0.1, -0.05) is 30.7 Å². The Kier molecular flexibility index (Phi) is 7.26. The van der Waals surface area contributed by atoms with Crippen molar-refractivity contribution in [3.63, 3.8) is 0 Å². The second-order valence-corrected chi connectivity index (χ2v) is 9.67. The van der Waals surface area contributed by atoms with Gasteiger partial charge in [-0.05, 0) is 55.7 Å². The van der Waals surface area contributed by atoms with Crippen LogP contribution in [0.1, 0.15) is 47.7 Å². The highest BCUT2D eigenvalue weighted by molar-refractivity contribution is 7.89. The number of nitrogens with zero attached hydrogens (tertiary/aromatic N) is 3. The van der Waals surface area contributed by atoms with Crippen molar-refractivity contribution in [1.82, 2.24) is 9.21 Å². The van der Waals surface area contributed by atoms with E-state index in [1.807, 2.05) is 13.0 Å². The highest BCUT2D eigenvalue weighted by Crippen LogP contribution is 2.26. The Morgan fingerprint density at radius 2 is 2.03 bits per heavy atom. The summed E-state index contributed by atoms with van der Waals surface area (Å²) in [4.78, 5) is 14.9. The van der Waals surface area contributed by atoms with Gasteiger partial charge < -0.3 is 4.90 Å². The summed E-state index contributed by atoms with van der Waals surface area (Å²) in [6.45, 7) is 6.75. The molecule has 1 aliphatic heterocycles. The van der Waals surface area contributed by atoms with Gasteiger partial charge in [-0.15, -0.1) is 6.58 Å². The molecule has 31 heavy (non-hydrogen) atoms. The number of amides is 1. The molecule has 0 spiro atoms. The normalized spacial score (nSPS) is 17.0.